The van der Waals surface area contributed by atoms with Gasteiger partial charge in [-0.1, -0.05) is 0 Å². The summed E-state index contributed by atoms with van der Waals surface area (Å²) in [6.07, 6.45) is 0. The Kier molecular flexibility index (Phi) is 2.94. The molecule has 1 aromatic heterocycles. The highest BCUT2D eigenvalue weighted by Gasteiger charge is 2.32. The highest BCUT2D eigenvalue weighted by Crippen LogP contribution is 2.34. The van der Waals surface area contributed by atoms with Gasteiger partial charge in [0.25, 0.3) is 0 Å². The number of halogens is 1. The van der Waals surface area contributed by atoms with Gasteiger partial charge in [0.2, 0.25) is 0 Å². The van der Waals surface area contributed by atoms with Crippen LogP contribution in [0, 0.1) is 0 Å². The van der Waals surface area contributed by atoms with E-state index in [9.17, 15) is 9.59 Å². The fourth-order valence-electron chi connectivity index (χ4n) is 1.46. The number of nitrogens with zero attached hydrogens (tertiary/aromatic N) is 2. The van der Waals surface area contributed by atoms with Gasteiger partial charge in [0.1, 0.15) is 0 Å². The van der Waals surface area contributed by atoms with Crippen LogP contribution in [-0.2, 0) is 0 Å². The minimum Gasteiger partial charge on any atom is -0.476 e. The first-order valence-corrected chi connectivity index (χ1v) is 6.29. The van der Waals surface area contributed by atoms with Gasteiger partial charge in [-0.15, -0.1) is 0 Å². The standard InChI is InChI=1S/C8H7BrN2O4S/c9-8-10-4(6(12)13)5(7(14)15)11(8)3-1-16-2-3/h3H,1-2H2,(H,12,13)(H,14,15). The average Bonchev–Trinajstić information content (AvgIpc) is 2.41. The summed E-state index contributed by atoms with van der Waals surface area (Å²) in [5.41, 5.74) is -0.680. The molecule has 0 amide bonds. The normalized spacial score (nSPS) is 15.8. The van der Waals surface area contributed by atoms with Gasteiger partial charge >= 0.3 is 11.9 Å². The van der Waals surface area contributed by atoms with Crippen molar-refractivity contribution >= 4 is 39.6 Å². The summed E-state index contributed by atoms with van der Waals surface area (Å²) in [7, 11) is 0. The first-order chi connectivity index (χ1) is 7.52. The predicted molar refractivity (Wildman–Crippen MR) is 60.2 cm³/mol. The maximum atomic E-state index is 11.1. The van der Waals surface area contributed by atoms with Crippen LogP contribution in [0.4, 0.5) is 0 Å². The van der Waals surface area contributed by atoms with Crippen molar-refractivity contribution in [2.24, 2.45) is 0 Å². The van der Waals surface area contributed by atoms with Gasteiger partial charge in [-0.25, -0.2) is 14.6 Å². The van der Waals surface area contributed by atoms with E-state index in [2.05, 4.69) is 20.9 Å². The van der Waals surface area contributed by atoms with E-state index in [1.165, 1.54) is 4.57 Å². The second-order valence-electron chi connectivity index (χ2n) is 3.25. The van der Waals surface area contributed by atoms with Crippen LogP contribution in [0.1, 0.15) is 27.0 Å². The number of hydrogen-bond acceptors (Lipinski definition) is 4. The van der Waals surface area contributed by atoms with Gasteiger partial charge < -0.3 is 14.8 Å². The molecule has 0 saturated carbocycles. The van der Waals surface area contributed by atoms with Gasteiger partial charge in [-0.05, 0) is 15.9 Å². The monoisotopic (exact) mass is 306 g/mol. The second-order valence-corrected chi connectivity index (χ2v) is 5.03. The van der Waals surface area contributed by atoms with E-state index in [1.54, 1.807) is 11.8 Å². The quantitative estimate of drug-likeness (QED) is 0.875. The SMILES string of the molecule is O=C(O)c1nc(Br)n(C2CSC2)c1C(=O)O. The number of rotatable bonds is 3. The van der Waals surface area contributed by atoms with E-state index < -0.39 is 17.6 Å². The molecule has 2 heterocycles. The van der Waals surface area contributed by atoms with Crippen molar-refractivity contribution in [3.8, 4) is 0 Å². The third-order valence-corrected chi connectivity index (χ3v) is 4.06. The highest BCUT2D eigenvalue weighted by molar-refractivity contribution is 9.10. The molecule has 0 unspecified atom stereocenters. The lowest BCUT2D eigenvalue weighted by atomic mass is 10.3. The van der Waals surface area contributed by atoms with Crippen molar-refractivity contribution in [2.75, 3.05) is 11.5 Å². The van der Waals surface area contributed by atoms with Crippen molar-refractivity contribution in [3.05, 3.63) is 16.1 Å². The molecule has 2 N–H and O–H groups in total. The van der Waals surface area contributed by atoms with Gasteiger partial charge in [0.05, 0.1) is 6.04 Å². The molecule has 8 heteroatoms. The largest absolute Gasteiger partial charge is 0.476 e. The van der Waals surface area contributed by atoms with Gasteiger partial charge in [-0.2, -0.15) is 11.8 Å². The number of thioether (sulfide) groups is 1. The van der Waals surface area contributed by atoms with Gasteiger partial charge in [-0.3, -0.25) is 0 Å². The topological polar surface area (TPSA) is 92.4 Å². The number of carboxylic acid groups (broad SMARTS) is 2. The summed E-state index contributed by atoms with van der Waals surface area (Å²) in [6, 6.07) is 0.00562. The van der Waals surface area contributed by atoms with E-state index in [-0.39, 0.29) is 16.5 Å². The van der Waals surface area contributed by atoms with Crippen LogP contribution in [0.25, 0.3) is 0 Å². The third-order valence-electron chi connectivity index (χ3n) is 2.26. The molecule has 0 atom stereocenters. The maximum Gasteiger partial charge on any atom is 0.357 e. The summed E-state index contributed by atoms with van der Waals surface area (Å²) in [4.78, 5) is 25.6. The Morgan fingerprint density at radius 3 is 2.38 bits per heavy atom. The highest BCUT2D eigenvalue weighted by atomic mass is 79.9. The number of aromatic nitrogens is 2. The molecule has 1 saturated heterocycles. The minimum absolute atomic E-state index is 0.00562. The summed E-state index contributed by atoms with van der Waals surface area (Å²) >= 11 is 4.77. The van der Waals surface area contributed by atoms with Crippen LogP contribution in [0.5, 0.6) is 0 Å². The van der Waals surface area contributed by atoms with E-state index in [0.717, 1.165) is 11.5 Å². The molecule has 1 fully saturated rings. The molecule has 0 aromatic carbocycles. The van der Waals surface area contributed by atoms with Crippen LogP contribution in [0.2, 0.25) is 0 Å². The maximum absolute atomic E-state index is 11.1. The van der Waals surface area contributed by atoms with Gasteiger partial charge in [0.15, 0.2) is 16.1 Å². The van der Waals surface area contributed by atoms with Crippen molar-refractivity contribution in [2.45, 2.75) is 6.04 Å². The van der Waals surface area contributed by atoms with Crippen molar-refractivity contribution < 1.29 is 19.8 Å². The number of aromatic carboxylic acids is 2. The van der Waals surface area contributed by atoms with E-state index in [4.69, 9.17) is 10.2 Å². The average molecular weight is 307 g/mol. The van der Waals surface area contributed by atoms with Crippen LogP contribution >= 0.6 is 27.7 Å². The van der Waals surface area contributed by atoms with Gasteiger partial charge in [0, 0.05) is 11.5 Å². The fourth-order valence-corrected chi connectivity index (χ4v) is 2.85. The minimum atomic E-state index is -1.33. The summed E-state index contributed by atoms with van der Waals surface area (Å²) in [5, 5.41) is 17.9. The summed E-state index contributed by atoms with van der Waals surface area (Å²) in [5.74, 6) is -1.06. The lowest BCUT2D eigenvalue weighted by Gasteiger charge is -2.27. The van der Waals surface area contributed by atoms with Crippen molar-refractivity contribution in [1.29, 1.82) is 0 Å². The molecule has 0 spiro atoms. The first-order valence-electron chi connectivity index (χ1n) is 4.34. The smallest absolute Gasteiger partial charge is 0.357 e. The zero-order valence-electron chi connectivity index (χ0n) is 7.88. The fraction of sp³-hybridized carbons (Fsp3) is 0.375. The summed E-state index contributed by atoms with van der Waals surface area (Å²) < 4.78 is 1.69. The van der Waals surface area contributed by atoms with Crippen LogP contribution in [-0.4, -0.2) is 43.2 Å². The molecule has 16 heavy (non-hydrogen) atoms. The molecular formula is C8H7BrN2O4S. The van der Waals surface area contributed by atoms with Crippen LogP contribution in [0.3, 0.4) is 0 Å². The molecule has 1 aliphatic rings. The molecule has 0 radical (unpaired) electrons. The zero-order valence-corrected chi connectivity index (χ0v) is 10.3. The molecule has 0 aliphatic carbocycles. The van der Waals surface area contributed by atoms with E-state index in [0.29, 0.717) is 0 Å². The number of imidazole rings is 1. The summed E-state index contributed by atoms with van der Waals surface area (Å²) in [6.45, 7) is 0. The van der Waals surface area contributed by atoms with E-state index in [1.807, 2.05) is 0 Å². The second kappa shape index (κ2) is 4.10. The number of carboxylic acids is 2. The molecule has 1 aliphatic heterocycles. The molecule has 1 aromatic rings. The predicted octanol–water partition coefficient (Wildman–Crippen LogP) is 1.33. The van der Waals surface area contributed by atoms with Crippen molar-refractivity contribution in [1.82, 2.24) is 9.55 Å². The Morgan fingerprint density at radius 2 is 2.00 bits per heavy atom. The Balaban J connectivity index is 2.57. The molecule has 0 bridgehead atoms. The van der Waals surface area contributed by atoms with E-state index >= 15 is 0 Å². The van der Waals surface area contributed by atoms with Crippen LogP contribution < -0.4 is 0 Å². The third kappa shape index (κ3) is 1.71. The lowest BCUT2D eigenvalue weighted by molar-refractivity contribution is 0.0639. The number of hydrogen-bond donors (Lipinski definition) is 2. The molecular weight excluding hydrogens is 300 g/mol. The first kappa shape index (κ1) is 11.5. The van der Waals surface area contributed by atoms with Crippen molar-refractivity contribution in [3.63, 3.8) is 0 Å². The number of carbonyl (C=O) groups is 2. The molecule has 86 valence electrons. The Morgan fingerprint density at radius 1 is 1.38 bits per heavy atom. The Labute approximate surface area is 103 Å². The Hall–Kier alpha value is -1.02. The molecule has 6 nitrogen and oxygen atoms in total. The Bertz CT molecular complexity index is 469. The van der Waals surface area contributed by atoms with Crippen LogP contribution in [0.15, 0.2) is 4.73 Å². The lowest BCUT2D eigenvalue weighted by Crippen LogP contribution is -2.26. The zero-order chi connectivity index (χ0) is 11.9. The molecule has 2 rings (SSSR count).